The summed E-state index contributed by atoms with van der Waals surface area (Å²) in [5, 5.41) is 3.32. The zero-order valence-electron chi connectivity index (χ0n) is 10.1. The highest BCUT2D eigenvalue weighted by Crippen LogP contribution is 2.18. The number of hydrogen-bond acceptors (Lipinski definition) is 3. The molecule has 0 aliphatic carbocycles. The third-order valence-electron chi connectivity index (χ3n) is 3.34. The molecule has 4 nitrogen and oxygen atoms in total. The number of nitrogens with zero attached hydrogens (tertiary/aromatic N) is 1. The van der Waals surface area contributed by atoms with Gasteiger partial charge in [0.25, 0.3) is 0 Å². The van der Waals surface area contributed by atoms with Crippen LogP contribution in [0.5, 0.6) is 0 Å². The molecule has 2 saturated heterocycles. The van der Waals surface area contributed by atoms with Crippen molar-refractivity contribution in [2.45, 2.75) is 44.8 Å². The van der Waals surface area contributed by atoms with Gasteiger partial charge in [0, 0.05) is 19.5 Å². The van der Waals surface area contributed by atoms with Crippen LogP contribution in [0.25, 0.3) is 0 Å². The molecule has 2 heterocycles. The second-order valence-corrected chi connectivity index (χ2v) is 4.76. The van der Waals surface area contributed by atoms with Crippen LogP contribution >= 0.6 is 0 Å². The van der Waals surface area contributed by atoms with Crippen molar-refractivity contribution in [2.75, 3.05) is 26.2 Å². The molecule has 2 aliphatic rings. The van der Waals surface area contributed by atoms with E-state index in [1.807, 2.05) is 11.8 Å². The maximum atomic E-state index is 11.5. The lowest BCUT2D eigenvalue weighted by Gasteiger charge is -2.41. The highest BCUT2D eigenvalue weighted by atomic mass is 16.5. The Morgan fingerprint density at radius 1 is 1.31 bits per heavy atom. The monoisotopic (exact) mass is 226 g/mol. The molecule has 0 unspecified atom stereocenters. The Kier molecular flexibility index (Phi) is 4.18. The third-order valence-corrected chi connectivity index (χ3v) is 3.34. The fraction of sp³-hybridized carbons (Fsp3) is 0.917. The topological polar surface area (TPSA) is 41.6 Å². The third kappa shape index (κ3) is 2.95. The Balaban J connectivity index is 1.62. The number of nitrogens with one attached hydrogen (secondary N) is 1. The zero-order chi connectivity index (χ0) is 11.4. The number of hydrogen-bond donors (Lipinski definition) is 1. The van der Waals surface area contributed by atoms with Gasteiger partial charge in [-0.05, 0) is 32.4 Å². The summed E-state index contributed by atoms with van der Waals surface area (Å²) in [6, 6.07) is 0. The molecular formula is C12H22N2O2. The summed E-state index contributed by atoms with van der Waals surface area (Å²) in [7, 11) is 0. The van der Waals surface area contributed by atoms with E-state index in [0.29, 0.717) is 18.6 Å². The smallest absolute Gasteiger partial charge is 0.222 e. The fourth-order valence-corrected chi connectivity index (χ4v) is 2.30. The fourth-order valence-electron chi connectivity index (χ4n) is 2.30. The Hall–Kier alpha value is -0.610. The summed E-state index contributed by atoms with van der Waals surface area (Å²) in [6.45, 7) is 5.79. The second kappa shape index (κ2) is 5.64. The lowest BCUT2D eigenvalue weighted by atomic mass is 10.1. The summed E-state index contributed by atoms with van der Waals surface area (Å²) in [4.78, 5) is 13.4. The van der Waals surface area contributed by atoms with Crippen LogP contribution in [0.4, 0.5) is 0 Å². The van der Waals surface area contributed by atoms with E-state index in [2.05, 4.69) is 5.32 Å². The Labute approximate surface area is 97.3 Å². The minimum Gasteiger partial charge on any atom is -0.371 e. The second-order valence-electron chi connectivity index (χ2n) is 4.76. The van der Waals surface area contributed by atoms with E-state index in [9.17, 15) is 4.79 Å². The number of likely N-dealkylation sites (tertiary alicyclic amines) is 1. The Morgan fingerprint density at radius 3 is 2.62 bits per heavy atom. The van der Waals surface area contributed by atoms with Gasteiger partial charge in [0.05, 0.1) is 12.2 Å². The molecular weight excluding hydrogens is 204 g/mol. The highest BCUT2D eigenvalue weighted by molar-refractivity contribution is 5.77. The van der Waals surface area contributed by atoms with Crippen molar-refractivity contribution in [3.8, 4) is 0 Å². The summed E-state index contributed by atoms with van der Waals surface area (Å²) < 4.78 is 5.95. The summed E-state index contributed by atoms with van der Waals surface area (Å²) in [5.74, 6) is 0.285. The molecule has 92 valence electrons. The quantitative estimate of drug-likeness (QED) is 0.769. The van der Waals surface area contributed by atoms with Gasteiger partial charge in [0.2, 0.25) is 5.91 Å². The first-order valence-corrected chi connectivity index (χ1v) is 6.43. The van der Waals surface area contributed by atoms with Crippen molar-refractivity contribution in [1.82, 2.24) is 10.2 Å². The van der Waals surface area contributed by atoms with Gasteiger partial charge >= 0.3 is 0 Å². The van der Waals surface area contributed by atoms with Gasteiger partial charge in [-0.3, -0.25) is 4.79 Å². The minimum absolute atomic E-state index is 0.285. The van der Waals surface area contributed by atoms with Crippen LogP contribution in [0.15, 0.2) is 0 Å². The molecule has 2 aliphatic heterocycles. The van der Waals surface area contributed by atoms with Gasteiger partial charge < -0.3 is 15.0 Å². The molecule has 0 aromatic heterocycles. The first-order chi connectivity index (χ1) is 7.79. The molecule has 2 rings (SSSR count). The molecule has 0 spiro atoms. The number of rotatable bonds is 4. The first-order valence-electron chi connectivity index (χ1n) is 6.43. The SMILES string of the molecule is CCCC(=O)N1CC(OC2CCNCC2)C1. The normalized spacial score (nSPS) is 23.2. The average molecular weight is 226 g/mol. The summed E-state index contributed by atoms with van der Waals surface area (Å²) in [5.41, 5.74) is 0. The van der Waals surface area contributed by atoms with Crippen LogP contribution in [0.2, 0.25) is 0 Å². The Bertz CT molecular complexity index is 233. The molecule has 0 aromatic rings. The molecule has 0 radical (unpaired) electrons. The number of carbonyl (C=O) groups excluding carboxylic acids is 1. The van der Waals surface area contributed by atoms with Crippen LogP contribution in [0.3, 0.4) is 0 Å². The van der Waals surface area contributed by atoms with Crippen molar-refractivity contribution in [3.63, 3.8) is 0 Å². The van der Waals surface area contributed by atoms with Crippen molar-refractivity contribution < 1.29 is 9.53 Å². The van der Waals surface area contributed by atoms with Gasteiger partial charge in [-0.25, -0.2) is 0 Å². The molecule has 1 N–H and O–H groups in total. The van der Waals surface area contributed by atoms with Crippen molar-refractivity contribution in [1.29, 1.82) is 0 Å². The average Bonchev–Trinajstić information content (AvgIpc) is 2.24. The van der Waals surface area contributed by atoms with Crippen molar-refractivity contribution in [2.24, 2.45) is 0 Å². The first kappa shape index (κ1) is 11.9. The number of amides is 1. The maximum absolute atomic E-state index is 11.5. The van der Waals surface area contributed by atoms with E-state index < -0.39 is 0 Å². The molecule has 2 fully saturated rings. The molecule has 1 amide bonds. The molecule has 0 bridgehead atoms. The van der Waals surface area contributed by atoms with Crippen LogP contribution in [-0.4, -0.2) is 49.2 Å². The molecule has 0 atom stereocenters. The van der Waals surface area contributed by atoms with E-state index in [1.165, 1.54) is 0 Å². The van der Waals surface area contributed by atoms with Crippen LogP contribution < -0.4 is 5.32 Å². The maximum Gasteiger partial charge on any atom is 0.222 e. The van der Waals surface area contributed by atoms with E-state index in [0.717, 1.165) is 45.4 Å². The standard InChI is InChI=1S/C12H22N2O2/c1-2-3-12(15)14-8-11(9-14)16-10-4-6-13-7-5-10/h10-11,13H,2-9H2,1H3. The lowest BCUT2D eigenvalue weighted by Crippen LogP contribution is -2.56. The summed E-state index contributed by atoms with van der Waals surface area (Å²) >= 11 is 0. The Morgan fingerprint density at radius 2 is 2.00 bits per heavy atom. The lowest BCUT2D eigenvalue weighted by molar-refractivity contribution is -0.151. The zero-order valence-corrected chi connectivity index (χ0v) is 10.1. The van der Waals surface area contributed by atoms with Crippen molar-refractivity contribution in [3.05, 3.63) is 0 Å². The molecule has 0 saturated carbocycles. The number of ether oxygens (including phenoxy) is 1. The number of carbonyl (C=O) groups is 1. The van der Waals surface area contributed by atoms with Gasteiger partial charge in [-0.15, -0.1) is 0 Å². The molecule has 16 heavy (non-hydrogen) atoms. The van der Waals surface area contributed by atoms with Gasteiger partial charge in [-0.2, -0.15) is 0 Å². The number of piperidine rings is 1. The van der Waals surface area contributed by atoms with Crippen LogP contribution in [-0.2, 0) is 9.53 Å². The van der Waals surface area contributed by atoms with Crippen LogP contribution in [0, 0.1) is 0 Å². The van der Waals surface area contributed by atoms with Gasteiger partial charge in [-0.1, -0.05) is 6.92 Å². The van der Waals surface area contributed by atoms with Gasteiger partial charge in [0.15, 0.2) is 0 Å². The molecule has 4 heteroatoms. The van der Waals surface area contributed by atoms with E-state index in [4.69, 9.17) is 4.74 Å². The largest absolute Gasteiger partial charge is 0.371 e. The van der Waals surface area contributed by atoms with Gasteiger partial charge in [0.1, 0.15) is 0 Å². The van der Waals surface area contributed by atoms with Crippen molar-refractivity contribution >= 4 is 5.91 Å². The van der Waals surface area contributed by atoms with Crippen LogP contribution in [0.1, 0.15) is 32.6 Å². The van der Waals surface area contributed by atoms with E-state index >= 15 is 0 Å². The highest BCUT2D eigenvalue weighted by Gasteiger charge is 2.32. The minimum atomic E-state index is 0.285. The van der Waals surface area contributed by atoms with E-state index in [1.54, 1.807) is 0 Å². The van der Waals surface area contributed by atoms with E-state index in [-0.39, 0.29) is 5.91 Å². The predicted octanol–water partition coefficient (Wildman–Crippen LogP) is 0.766. The predicted molar refractivity (Wildman–Crippen MR) is 62.3 cm³/mol. The summed E-state index contributed by atoms with van der Waals surface area (Å²) in [6.07, 6.45) is 4.55. The molecule has 0 aromatic carbocycles.